The Bertz CT molecular complexity index is 636. The number of rotatable bonds is 6. The van der Waals surface area contributed by atoms with Gasteiger partial charge in [0.25, 0.3) is 15.0 Å². The normalized spacial score (nSPS) is 13.0. The van der Waals surface area contributed by atoms with Gasteiger partial charge in [-0.1, -0.05) is 11.6 Å². The van der Waals surface area contributed by atoms with Gasteiger partial charge in [0.05, 0.1) is 10.6 Å². The molecule has 0 radical (unpaired) electrons. The molecule has 1 aromatic carbocycles. The van der Waals surface area contributed by atoms with Gasteiger partial charge in [-0.25, -0.2) is 12.8 Å². The number of carbonyl (C=O) groups excluding carboxylic acids is 1. The van der Waals surface area contributed by atoms with Gasteiger partial charge in [-0.05, 0) is 25.5 Å². The van der Waals surface area contributed by atoms with Crippen molar-refractivity contribution in [2.75, 3.05) is 13.7 Å². The molecule has 0 aliphatic rings. The molecule has 0 saturated carbocycles. The summed E-state index contributed by atoms with van der Waals surface area (Å²) in [6.07, 6.45) is 0.557. The first kappa shape index (κ1) is 18.2. The van der Waals surface area contributed by atoms with E-state index >= 15 is 0 Å². The largest absolute Gasteiger partial charge is 0.385 e. The van der Waals surface area contributed by atoms with Crippen LogP contribution in [0.1, 0.15) is 23.7 Å². The Morgan fingerprint density at radius 2 is 2.10 bits per heavy atom. The van der Waals surface area contributed by atoms with Gasteiger partial charge in [-0.2, -0.15) is 0 Å². The Hall–Kier alpha value is -0.890. The zero-order valence-electron chi connectivity index (χ0n) is 11.3. The highest BCUT2D eigenvalue weighted by Gasteiger charge is 2.22. The van der Waals surface area contributed by atoms with E-state index in [0.29, 0.717) is 13.0 Å². The maximum Gasteiger partial charge on any atom is 0.264 e. The topological polar surface area (TPSA) is 72.5 Å². The summed E-state index contributed by atoms with van der Waals surface area (Å²) in [4.78, 5) is 11.2. The molecule has 0 aromatic heterocycles. The number of benzene rings is 1. The summed E-state index contributed by atoms with van der Waals surface area (Å²) in [5, 5.41) is 2.41. The van der Waals surface area contributed by atoms with E-state index in [1.807, 2.05) is 0 Å². The second-order valence-electron chi connectivity index (χ2n) is 4.36. The molecule has 1 N–H and O–H groups in total. The Balaban J connectivity index is 3.05. The van der Waals surface area contributed by atoms with E-state index in [9.17, 15) is 17.6 Å². The number of halogens is 3. The van der Waals surface area contributed by atoms with Crippen molar-refractivity contribution in [3.05, 3.63) is 28.5 Å². The molecule has 5 nitrogen and oxygen atoms in total. The van der Waals surface area contributed by atoms with Crippen LogP contribution in [0.25, 0.3) is 0 Å². The molecule has 9 heteroatoms. The Morgan fingerprint density at radius 1 is 1.48 bits per heavy atom. The highest BCUT2D eigenvalue weighted by atomic mass is 35.7. The van der Waals surface area contributed by atoms with Crippen molar-refractivity contribution < 1.29 is 22.3 Å². The summed E-state index contributed by atoms with van der Waals surface area (Å²) in [5.41, 5.74) is -0.165. The summed E-state index contributed by atoms with van der Waals surface area (Å²) in [6, 6.07) is 1.33. The lowest BCUT2D eigenvalue weighted by Gasteiger charge is -2.14. The van der Waals surface area contributed by atoms with Gasteiger partial charge in [-0.3, -0.25) is 4.79 Å². The Morgan fingerprint density at radius 3 is 2.62 bits per heavy atom. The molecule has 1 amide bonds. The van der Waals surface area contributed by atoms with Gasteiger partial charge in [0.2, 0.25) is 0 Å². The van der Waals surface area contributed by atoms with Gasteiger partial charge in [-0.15, -0.1) is 0 Å². The zero-order chi connectivity index (χ0) is 16.2. The van der Waals surface area contributed by atoms with Crippen molar-refractivity contribution in [2.24, 2.45) is 0 Å². The van der Waals surface area contributed by atoms with Crippen molar-refractivity contribution in [1.29, 1.82) is 0 Å². The van der Waals surface area contributed by atoms with Gasteiger partial charge in [0.15, 0.2) is 0 Å². The van der Waals surface area contributed by atoms with E-state index in [-0.39, 0.29) is 16.6 Å². The molecule has 0 aliphatic heterocycles. The molecule has 1 atom stereocenters. The summed E-state index contributed by atoms with van der Waals surface area (Å²) in [5.74, 6) is -1.73. The van der Waals surface area contributed by atoms with E-state index in [2.05, 4.69) is 5.32 Å². The van der Waals surface area contributed by atoms with Crippen LogP contribution in [-0.4, -0.2) is 34.1 Å². The molecule has 21 heavy (non-hydrogen) atoms. The van der Waals surface area contributed by atoms with Crippen LogP contribution < -0.4 is 5.32 Å². The first-order valence-electron chi connectivity index (χ1n) is 5.90. The number of ether oxygens (including phenoxy) is 1. The average molecular weight is 358 g/mol. The van der Waals surface area contributed by atoms with Crippen molar-refractivity contribution in [3.63, 3.8) is 0 Å². The van der Waals surface area contributed by atoms with Crippen LogP contribution in [0.2, 0.25) is 5.02 Å². The van der Waals surface area contributed by atoms with E-state index in [1.165, 1.54) is 7.11 Å². The van der Waals surface area contributed by atoms with Gasteiger partial charge in [0.1, 0.15) is 10.7 Å². The van der Waals surface area contributed by atoms with Crippen LogP contribution in [-0.2, 0) is 13.8 Å². The molecule has 0 saturated heterocycles. The van der Waals surface area contributed by atoms with Gasteiger partial charge >= 0.3 is 0 Å². The maximum atomic E-state index is 13.5. The minimum Gasteiger partial charge on any atom is -0.385 e. The molecule has 1 unspecified atom stereocenters. The van der Waals surface area contributed by atoms with Crippen molar-refractivity contribution in [2.45, 2.75) is 24.3 Å². The first-order chi connectivity index (χ1) is 9.66. The summed E-state index contributed by atoms with van der Waals surface area (Å²) >= 11 is 5.77. The summed E-state index contributed by atoms with van der Waals surface area (Å²) in [6.45, 7) is 2.19. The molecule has 118 valence electrons. The van der Waals surface area contributed by atoms with E-state index in [4.69, 9.17) is 27.0 Å². The Kier molecular flexibility index (Phi) is 6.40. The van der Waals surface area contributed by atoms with E-state index in [1.54, 1.807) is 6.92 Å². The number of hydrogen-bond donors (Lipinski definition) is 1. The summed E-state index contributed by atoms with van der Waals surface area (Å²) in [7, 11) is 2.33. The fraction of sp³-hybridized carbons (Fsp3) is 0.417. The molecular formula is C12H14Cl2FNO4S. The van der Waals surface area contributed by atoms with E-state index in [0.717, 1.165) is 12.1 Å². The third kappa shape index (κ3) is 5.10. The Labute approximate surface area is 131 Å². The average Bonchev–Trinajstić information content (AvgIpc) is 2.34. The molecule has 0 spiro atoms. The zero-order valence-corrected chi connectivity index (χ0v) is 13.6. The molecular weight excluding hydrogens is 344 g/mol. The van der Waals surface area contributed by atoms with Gasteiger partial charge < -0.3 is 10.1 Å². The number of hydrogen-bond acceptors (Lipinski definition) is 4. The lowest BCUT2D eigenvalue weighted by Crippen LogP contribution is -2.33. The SMILES string of the molecule is COCCC(C)NC(=O)c1cc(S(=O)(=O)Cl)c(F)cc1Cl. The van der Waals surface area contributed by atoms with E-state index < -0.39 is 25.7 Å². The minimum absolute atomic E-state index is 0.165. The van der Waals surface area contributed by atoms with Crippen molar-refractivity contribution in [1.82, 2.24) is 5.32 Å². The van der Waals surface area contributed by atoms with Gasteiger partial charge in [0, 0.05) is 30.4 Å². The smallest absolute Gasteiger partial charge is 0.264 e. The lowest BCUT2D eigenvalue weighted by molar-refractivity contribution is 0.0929. The predicted octanol–water partition coefficient (Wildman–Crippen LogP) is 2.56. The minimum atomic E-state index is -4.31. The summed E-state index contributed by atoms with van der Waals surface area (Å²) < 4.78 is 40.9. The lowest BCUT2D eigenvalue weighted by atomic mass is 10.1. The van der Waals surface area contributed by atoms with Crippen LogP contribution in [0.4, 0.5) is 4.39 Å². The first-order valence-corrected chi connectivity index (χ1v) is 8.59. The monoisotopic (exact) mass is 357 g/mol. The quantitative estimate of drug-likeness (QED) is 0.794. The number of nitrogens with one attached hydrogen (secondary N) is 1. The van der Waals surface area contributed by atoms with Crippen molar-refractivity contribution >= 4 is 37.2 Å². The molecule has 0 heterocycles. The maximum absolute atomic E-state index is 13.5. The third-order valence-corrected chi connectivity index (χ3v) is 4.31. The van der Waals surface area contributed by atoms with Crippen LogP contribution >= 0.6 is 22.3 Å². The molecule has 0 bridgehead atoms. The number of carbonyl (C=O) groups is 1. The highest BCUT2D eigenvalue weighted by molar-refractivity contribution is 8.13. The highest BCUT2D eigenvalue weighted by Crippen LogP contribution is 2.26. The van der Waals surface area contributed by atoms with Crippen LogP contribution in [0.5, 0.6) is 0 Å². The van der Waals surface area contributed by atoms with Crippen molar-refractivity contribution in [3.8, 4) is 0 Å². The fourth-order valence-corrected chi connectivity index (χ4v) is 2.70. The number of methoxy groups -OCH3 is 1. The molecule has 1 aromatic rings. The standard InChI is InChI=1S/C12H14Cl2FNO4S/c1-7(3-4-20-2)16-12(17)8-5-11(21(14,18)19)10(15)6-9(8)13/h5-7H,3-4H2,1-2H3,(H,16,17). The van der Waals surface area contributed by atoms with Crippen LogP contribution in [0.3, 0.4) is 0 Å². The second-order valence-corrected chi connectivity index (χ2v) is 7.30. The van der Waals surface area contributed by atoms with Crippen LogP contribution in [0.15, 0.2) is 17.0 Å². The molecule has 0 fully saturated rings. The third-order valence-electron chi connectivity index (χ3n) is 2.66. The predicted molar refractivity (Wildman–Crippen MR) is 77.9 cm³/mol. The molecule has 0 aliphatic carbocycles. The number of amides is 1. The molecule has 1 rings (SSSR count). The fourth-order valence-electron chi connectivity index (χ4n) is 1.56. The second kappa shape index (κ2) is 7.40. The van der Waals surface area contributed by atoms with Crippen LogP contribution in [0, 0.1) is 5.82 Å².